The second-order valence-electron chi connectivity index (χ2n) is 6.91. The van der Waals surface area contributed by atoms with Gasteiger partial charge in [0.15, 0.2) is 5.83 Å². The number of guanidine groups is 1. The van der Waals surface area contributed by atoms with Crippen molar-refractivity contribution in [3.05, 3.63) is 58.2 Å². The Bertz CT molecular complexity index is 836. The number of carbonyl (C=O) groups excluding carboxylic acids is 1. The lowest BCUT2D eigenvalue weighted by molar-refractivity contribution is -0.127. The van der Waals surface area contributed by atoms with Gasteiger partial charge in [-0.2, -0.15) is 0 Å². The minimum Gasteiger partial charge on any atom is -0.492 e. The molecule has 1 amide bonds. The molecule has 0 radical (unpaired) electrons. The van der Waals surface area contributed by atoms with Crippen LogP contribution >= 0.6 is 27.5 Å². The van der Waals surface area contributed by atoms with Crippen molar-refractivity contribution in [2.24, 2.45) is 4.99 Å². The largest absolute Gasteiger partial charge is 0.492 e. The number of carbonyl (C=O) groups is 1. The van der Waals surface area contributed by atoms with E-state index >= 15 is 0 Å². The Hall–Kier alpha value is -1.86. The molecule has 1 aromatic carbocycles. The number of benzene rings is 1. The topological polar surface area (TPSA) is 53.9 Å². The predicted octanol–water partition coefficient (Wildman–Crippen LogP) is 4.68. The summed E-state index contributed by atoms with van der Waals surface area (Å²) in [6.45, 7) is 4.40. The smallest absolute Gasteiger partial charge is 0.245 e. The lowest BCUT2D eigenvalue weighted by Crippen LogP contribution is -2.51. The Labute approximate surface area is 177 Å². The average Bonchev–Trinajstić information content (AvgIpc) is 2.65. The van der Waals surface area contributed by atoms with Crippen LogP contribution in [0.3, 0.4) is 0 Å². The summed E-state index contributed by atoms with van der Waals surface area (Å²) in [5.41, 5.74) is 1.58. The number of rotatable bonds is 5. The SMILES string of the molecule is CC(C)OC1=C(F)C=C(NC2=NCC(Br)C(=O)N2Cc2ccc(Cl)cc2)CC1. The maximum atomic E-state index is 14.3. The molecule has 1 aliphatic carbocycles. The van der Waals surface area contributed by atoms with Gasteiger partial charge < -0.3 is 10.1 Å². The molecule has 2 aliphatic rings. The summed E-state index contributed by atoms with van der Waals surface area (Å²) in [6, 6.07) is 7.29. The van der Waals surface area contributed by atoms with E-state index in [-0.39, 0.29) is 16.8 Å². The number of hydrogen-bond donors (Lipinski definition) is 1. The van der Waals surface area contributed by atoms with E-state index < -0.39 is 5.83 Å². The van der Waals surface area contributed by atoms with Gasteiger partial charge in [-0.1, -0.05) is 39.7 Å². The molecular formula is C20H22BrClFN3O2. The van der Waals surface area contributed by atoms with Gasteiger partial charge in [-0.25, -0.2) is 4.39 Å². The third-order valence-corrected chi connectivity index (χ3v) is 5.22. The Morgan fingerprint density at radius 3 is 2.71 bits per heavy atom. The maximum Gasteiger partial charge on any atom is 0.245 e. The number of nitrogens with one attached hydrogen (secondary N) is 1. The van der Waals surface area contributed by atoms with Crippen molar-refractivity contribution in [1.29, 1.82) is 0 Å². The molecule has 3 rings (SSSR count). The number of hydrogen-bond acceptors (Lipinski definition) is 4. The lowest BCUT2D eigenvalue weighted by Gasteiger charge is -2.31. The maximum absolute atomic E-state index is 14.3. The zero-order valence-corrected chi connectivity index (χ0v) is 18.1. The third kappa shape index (κ3) is 5.14. The molecule has 0 bridgehead atoms. The minimum absolute atomic E-state index is 0.0743. The van der Waals surface area contributed by atoms with Gasteiger partial charge in [0.25, 0.3) is 0 Å². The van der Waals surface area contributed by atoms with Crippen LogP contribution in [-0.2, 0) is 16.1 Å². The van der Waals surface area contributed by atoms with E-state index in [4.69, 9.17) is 16.3 Å². The first-order valence-electron chi connectivity index (χ1n) is 9.10. The summed E-state index contributed by atoms with van der Waals surface area (Å²) in [4.78, 5) is 18.3. The number of halogens is 3. The Balaban J connectivity index is 1.78. The van der Waals surface area contributed by atoms with Gasteiger partial charge in [0.05, 0.1) is 19.2 Å². The van der Waals surface area contributed by atoms with Crippen molar-refractivity contribution in [2.75, 3.05) is 6.54 Å². The van der Waals surface area contributed by atoms with Crippen LogP contribution in [0, 0.1) is 0 Å². The van der Waals surface area contributed by atoms with Gasteiger partial charge in [0, 0.05) is 17.1 Å². The fourth-order valence-electron chi connectivity index (χ4n) is 2.95. The highest BCUT2D eigenvalue weighted by Gasteiger charge is 2.31. The highest BCUT2D eigenvalue weighted by Crippen LogP contribution is 2.26. The average molecular weight is 471 g/mol. The first kappa shape index (κ1) is 20.9. The highest BCUT2D eigenvalue weighted by molar-refractivity contribution is 9.10. The molecule has 1 atom stereocenters. The van der Waals surface area contributed by atoms with Crippen molar-refractivity contribution < 1.29 is 13.9 Å². The standard InChI is InChI=1S/C20H22BrClFN3O2/c1-12(2)28-18-8-7-15(9-17(18)23)25-20-24-10-16(21)19(27)26(20)11-13-3-5-14(22)6-4-13/h3-6,9,12,16H,7-8,10-11H2,1-2H3,(H,24,25). The summed E-state index contributed by atoms with van der Waals surface area (Å²) in [7, 11) is 0. The van der Waals surface area contributed by atoms with E-state index in [9.17, 15) is 9.18 Å². The predicted molar refractivity (Wildman–Crippen MR) is 112 cm³/mol. The number of alkyl halides is 1. The Kier molecular flexibility index (Phi) is 6.78. The molecule has 5 nitrogen and oxygen atoms in total. The highest BCUT2D eigenvalue weighted by atomic mass is 79.9. The van der Waals surface area contributed by atoms with Crippen LogP contribution in [0.15, 0.2) is 52.6 Å². The third-order valence-electron chi connectivity index (χ3n) is 4.28. The quantitative estimate of drug-likeness (QED) is 0.636. The molecule has 0 spiro atoms. The van der Waals surface area contributed by atoms with Crippen LogP contribution in [0.25, 0.3) is 0 Å². The first-order valence-corrected chi connectivity index (χ1v) is 10.4. The fourth-order valence-corrected chi connectivity index (χ4v) is 3.47. The molecule has 28 heavy (non-hydrogen) atoms. The van der Waals surface area contributed by atoms with Crippen molar-refractivity contribution in [3.63, 3.8) is 0 Å². The number of nitrogens with zero attached hydrogens (tertiary/aromatic N) is 2. The zero-order valence-electron chi connectivity index (χ0n) is 15.7. The summed E-state index contributed by atoms with van der Waals surface area (Å²) >= 11 is 9.31. The van der Waals surface area contributed by atoms with E-state index in [2.05, 4.69) is 26.2 Å². The first-order chi connectivity index (χ1) is 13.3. The second-order valence-corrected chi connectivity index (χ2v) is 8.46. The van der Waals surface area contributed by atoms with E-state index in [0.717, 1.165) is 5.56 Å². The molecule has 0 fully saturated rings. The molecule has 1 aliphatic heterocycles. The summed E-state index contributed by atoms with van der Waals surface area (Å²) < 4.78 is 19.8. The van der Waals surface area contributed by atoms with Crippen molar-refractivity contribution in [2.45, 2.75) is 44.2 Å². The van der Waals surface area contributed by atoms with Gasteiger partial charge in [0.1, 0.15) is 10.6 Å². The van der Waals surface area contributed by atoms with Gasteiger partial charge in [0.2, 0.25) is 11.9 Å². The van der Waals surface area contributed by atoms with E-state index in [0.29, 0.717) is 48.4 Å². The number of amides is 1. The number of ether oxygens (including phenoxy) is 1. The molecule has 0 aromatic heterocycles. The van der Waals surface area contributed by atoms with E-state index in [1.807, 2.05) is 26.0 Å². The Morgan fingerprint density at radius 2 is 2.07 bits per heavy atom. The number of allylic oxidation sites excluding steroid dienone is 4. The van der Waals surface area contributed by atoms with Crippen molar-refractivity contribution in [1.82, 2.24) is 10.2 Å². The summed E-state index contributed by atoms with van der Waals surface area (Å²) in [5, 5.41) is 3.77. The fraction of sp³-hybridized carbons (Fsp3) is 0.400. The van der Waals surface area contributed by atoms with Crippen LogP contribution in [0.4, 0.5) is 4.39 Å². The van der Waals surface area contributed by atoms with Crippen LogP contribution in [-0.4, -0.2) is 34.2 Å². The molecule has 1 aromatic rings. The molecule has 0 saturated carbocycles. The van der Waals surface area contributed by atoms with Crippen molar-refractivity contribution >= 4 is 39.4 Å². The van der Waals surface area contributed by atoms with Gasteiger partial charge in [-0.3, -0.25) is 14.7 Å². The van der Waals surface area contributed by atoms with Crippen LogP contribution < -0.4 is 5.32 Å². The normalized spacial score (nSPS) is 20.3. The second kappa shape index (κ2) is 9.09. The number of aliphatic imine (C=N–C) groups is 1. The Morgan fingerprint density at radius 1 is 1.36 bits per heavy atom. The summed E-state index contributed by atoms with van der Waals surface area (Å²) in [6.07, 6.45) is 2.38. The van der Waals surface area contributed by atoms with Crippen LogP contribution in [0.5, 0.6) is 0 Å². The van der Waals surface area contributed by atoms with E-state index in [1.165, 1.54) is 6.08 Å². The van der Waals surface area contributed by atoms with Crippen LogP contribution in [0.2, 0.25) is 5.02 Å². The van der Waals surface area contributed by atoms with E-state index in [1.54, 1.807) is 17.0 Å². The monoisotopic (exact) mass is 469 g/mol. The van der Waals surface area contributed by atoms with Gasteiger partial charge >= 0.3 is 0 Å². The molecule has 8 heteroatoms. The van der Waals surface area contributed by atoms with Crippen LogP contribution in [0.1, 0.15) is 32.3 Å². The van der Waals surface area contributed by atoms with Gasteiger partial charge in [-0.05, 0) is 44.0 Å². The van der Waals surface area contributed by atoms with Crippen molar-refractivity contribution in [3.8, 4) is 0 Å². The molecule has 1 unspecified atom stereocenters. The molecule has 150 valence electrons. The zero-order chi connectivity index (χ0) is 20.3. The molecular weight excluding hydrogens is 449 g/mol. The molecule has 0 saturated heterocycles. The molecule has 1 heterocycles. The minimum atomic E-state index is -0.396. The summed E-state index contributed by atoms with van der Waals surface area (Å²) in [5.74, 6) is 0.292. The molecule has 1 N–H and O–H groups in total. The van der Waals surface area contributed by atoms with Gasteiger partial charge in [-0.15, -0.1) is 0 Å². The lowest BCUT2D eigenvalue weighted by atomic mass is 10.1.